The van der Waals surface area contributed by atoms with Crippen molar-refractivity contribution >= 4 is 22.5 Å². The number of rotatable bonds is 3. The zero-order valence-electron chi connectivity index (χ0n) is 16.1. The molecule has 1 aromatic heterocycles. The fourth-order valence-corrected chi connectivity index (χ4v) is 3.80. The van der Waals surface area contributed by atoms with Gasteiger partial charge in [0.25, 0.3) is 5.91 Å². The molecule has 3 aromatic rings. The third-order valence-corrected chi connectivity index (χ3v) is 5.41. The second-order valence-electron chi connectivity index (χ2n) is 7.15. The van der Waals surface area contributed by atoms with Crippen LogP contribution in [0.5, 0.6) is 5.75 Å². The van der Waals surface area contributed by atoms with Gasteiger partial charge in [-0.2, -0.15) is 0 Å². The molecule has 0 aliphatic carbocycles. The summed E-state index contributed by atoms with van der Waals surface area (Å²) in [6, 6.07) is 14.4. The number of ether oxygens (including phenoxy) is 1. The van der Waals surface area contributed by atoms with Gasteiger partial charge < -0.3 is 19.5 Å². The molecule has 140 valence electrons. The van der Waals surface area contributed by atoms with Gasteiger partial charge in [0.1, 0.15) is 11.4 Å². The zero-order chi connectivity index (χ0) is 19.0. The maximum absolute atomic E-state index is 13.1. The largest absolute Gasteiger partial charge is 0.497 e. The smallest absolute Gasteiger partial charge is 0.270 e. The van der Waals surface area contributed by atoms with Crippen molar-refractivity contribution in [3.05, 3.63) is 59.3 Å². The van der Waals surface area contributed by atoms with E-state index in [2.05, 4.69) is 41.1 Å². The lowest BCUT2D eigenvalue weighted by Gasteiger charge is -2.36. The van der Waals surface area contributed by atoms with Crippen molar-refractivity contribution in [3.63, 3.8) is 0 Å². The van der Waals surface area contributed by atoms with Crippen LogP contribution in [0.2, 0.25) is 0 Å². The molecule has 1 N–H and O–H groups in total. The van der Waals surface area contributed by atoms with Gasteiger partial charge in [-0.05, 0) is 55.3 Å². The predicted molar refractivity (Wildman–Crippen MR) is 109 cm³/mol. The Labute approximate surface area is 159 Å². The van der Waals surface area contributed by atoms with Gasteiger partial charge in [-0.1, -0.05) is 12.1 Å². The van der Waals surface area contributed by atoms with Crippen LogP contribution in [0.3, 0.4) is 0 Å². The molecule has 1 aliphatic heterocycles. The Morgan fingerprint density at radius 1 is 1.04 bits per heavy atom. The number of fused-ring (bicyclic) bond motifs is 1. The molecular weight excluding hydrogens is 338 g/mol. The minimum atomic E-state index is 0.0755. The Bertz CT molecular complexity index is 984. The molecule has 1 saturated heterocycles. The number of carbonyl (C=O) groups excluding carboxylic acids is 1. The Kier molecular flexibility index (Phi) is 4.52. The number of benzene rings is 2. The Morgan fingerprint density at radius 3 is 2.52 bits per heavy atom. The quantitative estimate of drug-likeness (QED) is 0.771. The van der Waals surface area contributed by atoms with E-state index in [1.807, 2.05) is 30.0 Å². The zero-order valence-corrected chi connectivity index (χ0v) is 16.1. The van der Waals surface area contributed by atoms with Gasteiger partial charge in [0.05, 0.1) is 7.11 Å². The lowest BCUT2D eigenvalue weighted by Crippen LogP contribution is -2.49. The van der Waals surface area contributed by atoms with Gasteiger partial charge in [0.2, 0.25) is 0 Å². The molecule has 5 heteroatoms. The number of carbonyl (C=O) groups is 1. The molecule has 4 rings (SSSR count). The summed E-state index contributed by atoms with van der Waals surface area (Å²) in [4.78, 5) is 20.7. The number of aryl methyl sites for hydroxylation is 2. The van der Waals surface area contributed by atoms with E-state index < -0.39 is 0 Å². The molecule has 2 heterocycles. The number of amides is 1. The highest BCUT2D eigenvalue weighted by atomic mass is 16.5. The molecule has 5 nitrogen and oxygen atoms in total. The normalized spacial score (nSPS) is 14.6. The molecule has 0 spiro atoms. The van der Waals surface area contributed by atoms with Gasteiger partial charge in [0, 0.05) is 42.8 Å². The molecule has 0 radical (unpaired) electrons. The van der Waals surface area contributed by atoms with Crippen molar-refractivity contribution in [3.8, 4) is 5.75 Å². The second-order valence-corrected chi connectivity index (χ2v) is 7.15. The highest BCUT2D eigenvalue weighted by Gasteiger charge is 2.25. The average molecular weight is 363 g/mol. The number of hydrogen-bond acceptors (Lipinski definition) is 3. The summed E-state index contributed by atoms with van der Waals surface area (Å²) in [6.07, 6.45) is 0. The lowest BCUT2D eigenvalue weighted by atomic mass is 10.1. The molecule has 0 atom stereocenters. The molecule has 0 bridgehead atoms. The number of anilines is 1. The summed E-state index contributed by atoms with van der Waals surface area (Å²) in [5.41, 5.74) is 5.12. The van der Waals surface area contributed by atoms with Gasteiger partial charge in [0.15, 0.2) is 0 Å². The molecule has 1 fully saturated rings. The van der Waals surface area contributed by atoms with Crippen LogP contribution in [-0.2, 0) is 0 Å². The summed E-state index contributed by atoms with van der Waals surface area (Å²) in [6.45, 7) is 7.26. The molecule has 0 unspecified atom stereocenters. The van der Waals surface area contributed by atoms with Crippen molar-refractivity contribution in [2.45, 2.75) is 13.8 Å². The van der Waals surface area contributed by atoms with Crippen molar-refractivity contribution in [1.82, 2.24) is 9.88 Å². The molecule has 1 aliphatic rings. The van der Waals surface area contributed by atoms with E-state index in [9.17, 15) is 4.79 Å². The monoisotopic (exact) mass is 363 g/mol. The summed E-state index contributed by atoms with van der Waals surface area (Å²) in [5, 5.41) is 1.04. The van der Waals surface area contributed by atoms with E-state index in [4.69, 9.17) is 4.74 Å². The highest BCUT2D eigenvalue weighted by Crippen LogP contribution is 2.27. The van der Waals surface area contributed by atoms with Crippen LogP contribution in [0.4, 0.5) is 5.69 Å². The first-order valence-corrected chi connectivity index (χ1v) is 9.34. The van der Waals surface area contributed by atoms with E-state index in [1.54, 1.807) is 7.11 Å². The number of methoxy groups -OCH3 is 1. The highest BCUT2D eigenvalue weighted by molar-refractivity contribution is 6.01. The fourth-order valence-electron chi connectivity index (χ4n) is 3.80. The third-order valence-electron chi connectivity index (χ3n) is 5.41. The SMILES string of the molecule is COc1ccc2[nH]c(C(=O)N3CCN(c4cccc(C)c4)CC3)c(C)c2c1. The summed E-state index contributed by atoms with van der Waals surface area (Å²) in [5.74, 6) is 0.877. The Morgan fingerprint density at radius 2 is 1.81 bits per heavy atom. The first kappa shape index (κ1) is 17.5. The third kappa shape index (κ3) is 3.25. The topological polar surface area (TPSA) is 48.6 Å². The van der Waals surface area contributed by atoms with Crippen LogP contribution >= 0.6 is 0 Å². The van der Waals surface area contributed by atoms with Crippen LogP contribution in [0.1, 0.15) is 21.6 Å². The minimum absolute atomic E-state index is 0.0755. The predicted octanol–water partition coefficient (Wildman–Crippen LogP) is 3.76. The molecule has 27 heavy (non-hydrogen) atoms. The number of piperazine rings is 1. The Hall–Kier alpha value is -2.95. The van der Waals surface area contributed by atoms with Crippen LogP contribution < -0.4 is 9.64 Å². The van der Waals surface area contributed by atoms with Gasteiger partial charge in [-0.3, -0.25) is 4.79 Å². The van der Waals surface area contributed by atoms with Crippen LogP contribution in [0.25, 0.3) is 10.9 Å². The summed E-state index contributed by atoms with van der Waals surface area (Å²) in [7, 11) is 1.66. The van der Waals surface area contributed by atoms with Crippen LogP contribution in [0, 0.1) is 13.8 Å². The average Bonchev–Trinajstić information content (AvgIpc) is 3.03. The van der Waals surface area contributed by atoms with Gasteiger partial charge >= 0.3 is 0 Å². The van der Waals surface area contributed by atoms with E-state index in [-0.39, 0.29) is 5.91 Å². The van der Waals surface area contributed by atoms with Crippen molar-refractivity contribution in [1.29, 1.82) is 0 Å². The summed E-state index contributed by atoms with van der Waals surface area (Å²) < 4.78 is 5.31. The Balaban J connectivity index is 1.51. The number of aromatic nitrogens is 1. The fraction of sp³-hybridized carbons (Fsp3) is 0.318. The maximum atomic E-state index is 13.1. The number of nitrogens with zero attached hydrogens (tertiary/aromatic N) is 2. The van der Waals surface area contributed by atoms with E-state index in [0.29, 0.717) is 5.69 Å². The first-order chi connectivity index (χ1) is 13.1. The molecule has 1 amide bonds. The van der Waals surface area contributed by atoms with Crippen LogP contribution in [0.15, 0.2) is 42.5 Å². The van der Waals surface area contributed by atoms with E-state index >= 15 is 0 Å². The van der Waals surface area contributed by atoms with Crippen molar-refractivity contribution in [2.75, 3.05) is 38.2 Å². The minimum Gasteiger partial charge on any atom is -0.497 e. The first-order valence-electron chi connectivity index (χ1n) is 9.34. The standard InChI is InChI=1S/C22H25N3O2/c1-15-5-4-6-17(13-15)24-9-11-25(12-10-24)22(26)21-16(2)19-14-18(27-3)7-8-20(19)23-21/h4-8,13-14,23H,9-12H2,1-3H3. The van der Waals surface area contributed by atoms with Gasteiger partial charge in [-0.15, -0.1) is 0 Å². The molecule has 0 saturated carbocycles. The second kappa shape index (κ2) is 6.99. The molecular formula is C22H25N3O2. The number of nitrogens with one attached hydrogen (secondary N) is 1. The lowest BCUT2D eigenvalue weighted by molar-refractivity contribution is 0.0741. The molecule has 2 aromatic carbocycles. The number of aromatic amines is 1. The number of hydrogen-bond donors (Lipinski definition) is 1. The van der Waals surface area contributed by atoms with Gasteiger partial charge in [-0.25, -0.2) is 0 Å². The van der Waals surface area contributed by atoms with Crippen molar-refractivity contribution < 1.29 is 9.53 Å². The van der Waals surface area contributed by atoms with Crippen LogP contribution in [-0.4, -0.2) is 49.1 Å². The maximum Gasteiger partial charge on any atom is 0.270 e. The number of H-pyrrole nitrogens is 1. The van der Waals surface area contributed by atoms with Crippen molar-refractivity contribution in [2.24, 2.45) is 0 Å². The van der Waals surface area contributed by atoms with E-state index in [1.165, 1.54) is 11.3 Å². The summed E-state index contributed by atoms with van der Waals surface area (Å²) >= 11 is 0. The van der Waals surface area contributed by atoms with E-state index in [0.717, 1.165) is 48.4 Å².